The molecule has 0 aliphatic rings. The number of fused-ring (bicyclic) bond motifs is 1. The second-order valence-electron chi connectivity index (χ2n) is 6.34. The molecule has 0 saturated carbocycles. The van der Waals surface area contributed by atoms with Gasteiger partial charge in [-0.15, -0.1) is 0 Å². The first kappa shape index (κ1) is 16.3. The number of H-pyrrole nitrogens is 1. The van der Waals surface area contributed by atoms with Gasteiger partial charge in [-0.05, 0) is 35.2 Å². The number of aromatic nitrogens is 1. The van der Waals surface area contributed by atoms with Gasteiger partial charge in [0.05, 0.1) is 5.52 Å². The van der Waals surface area contributed by atoms with Crippen molar-refractivity contribution >= 4 is 34.3 Å². The number of carbonyl (C=O) groups is 1. The number of hydrogen-bond acceptors (Lipinski definition) is 3. The summed E-state index contributed by atoms with van der Waals surface area (Å²) >= 11 is 5.91. The summed E-state index contributed by atoms with van der Waals surface area (Å²) in [6, 6.07) is 12.5. The van der Waals surface area contributed by atoms with Crippen molar-refractivity contribution in [3.8, 4) is 0 Å². The normalized spacial score (nSPS) is 11.6. The lowest BCUT2D eigenvalue weighted by Gasteiger charge is -2.24. The van der Waals surface area contributed by atoms with E-state index >= 15 is 0 Å². The zero-order valence-corrected chi connectivity index (χ0v) is 14.1. The second kappa shape index (κ2) is 6.17. The summed E-state index contributed by atoms with van der Waals surface area (Å²) < 4.78 is 5.00. The Balaban J connectivity index is 1.73. The Bertz CT molecular complexity index is 939. The highest BCUT2D eigenvalue weighted by Crippen LogP contribution is 2.28. The maximum atomic E-state index is 12.4. The highest BCUT2D eigenvalue weighted by Gasteiger charge is 2.24. The highest BCUT2D eigenvalue weighted by molar-refractivity contribution is 6.30. The van der Waals surface area contributed by atoms with Crippen molar-refractivity contribution < 1.29 is 9.21 Å². The number of amides is 1. The largest absolute Gasteiger partial charge is 0.417 e. The lowest BCUT2D eigenvalue weighted by molar-refractivity contribution is -0.117. The summed E-state index contributed by atoms with van der Waals surface area (Å²) in [6.45, 7) is 4.01. The van der Waals surface area contributed by atoms with Gasteiger partial charge < -0.3 is 9.73 Å². The van der Waals surface area contributed by atoms with Gasteiger partial charge in [0.15, 0.2) is 5.58 Å². The average molecular weight is 345 g/mol. The Kier molecular flexibility index (Phi) is 4.20. The third kappa shape index (κ3) is 3.51. The molecule has 3 aromatic rings. The third-order valence-corrected chi connectivity index (χ3v) is 4.18. The van der Waals surface area contributed by atoms with Crippen LogP contribution in [0, 0.1) is 0 Å². The van der Waals surface area contributed by atoms with E-state index < -0.39 is 5.76 Å². The summed E-state index contributed by atoms with van der Waals surface area (Å²) in [5.41, 5.74) is 2.30. The van der Waals surface area contributed by atoms with Crippen LogP contribution in [-0.4, -0.2) is 10.9 Å². The standard InChI is InChI=1S/C18H17ClN2O3/c1-18(2,11-3-5-12(19)6-4-11)10-16(22)20-13-7-8-14-15(9-13)24-17(23)21-14/h3-9H,10H2,1-2H3,(H,20,22)(H,21,23). The molecule has 0 aliphatic heterocycles. The van der Waals surface area contributed by atoms with Crippen LogP contribution >= 0.6 is 11.6 Å². The van der Waals surface area contributed by atoms with Gasteiger partial charge in [0.1, 0.15) is 0 Å². The Labute approximate surface area is 143 Å². The Morgan fingerprint density at radius 2 is 1.92 bits per heavy atom. The summed E-state index contributed by atoms with van der Waals surface area (Å²) in [5, 5.41) is 3.51. The molecule has 124 valence electrons. The number of halogens is 1. The molecule has 2 N–H and O–H groups in total. The van der Waals surface area contributed by atoms with Crippen LogP contribution < -0.4 is 11.1 Å². The maximum absolute atomic E-state index is 12.4. The van der Waals surface area contributed by atoms with E-state index in [0.29, 0.717) is 28.2 Å². The molecule has 0 aliphatic carbocycles. The van der Waals surface area contributed by atoms with Crippen LogP contribution in [0.4, 0.5) is 5.69 Å². The maximum Gasteiger partial charge on any atom is 0.417 e. The van der Waals surface area contributed by atoms with Gasteiger partial charge in [-0.3, -0.25) is 9.78 Å². The minimum atomic E-state index is -0.516. The lowest BCUT2D eigenvalue weighted by atomic mass is 9.81. The van der Waals surface area contributed by atoms with E-state index in [9.17, 15) is 9.59 Å². The molecule has 2 aromatic carbocycles. The van der Waals surface area contributed by atoms with Crippen molar-refractivity contribution in [3.63, 3.8) is 0 Å². The molecule has 0 atom stereocenters. The fraction of sp³-hybridized carbons (Fsp3) is 0.222. The van der Waals surface area contributed by atoms with E-state index in [2.05, 4.69) is 10.3 Å². The molecule has 0 bridgehead atoms. The number of rotatable bonds is 4. The van der Waals surface area contributed by atoms with Crippen molar-refractivity contribution in [1.29, 1.82) is 0 Å². The highest BCUT2D eigenvalue weighted by atomic mass is 35.5. The average Bonchev–Trinajstić information content (AvgIpc) is 2.86. The van der Waals surface area contributed by atoms with Gasteiger partial charge in [0.25, 0.3) is 0 Å². The minimum absolute atomic E-state index is 0.118. The van der Waals surface area contributed by atoms with Gasteiger partial charge in [0, 0.05) is 23.2 Å². The molecule has 0 radical (unpaired) electrons. The Hall–Kier alpha value is -2.53. The smallest absolute Gasteiger partial charge is 0.408 e. The summed E-state index contributed by atoms with van der Waals surface area (Å²) in [5.74, 6) is -0.635. The van der Waals surface area contributed by atoms with Crippen molar-refractivity contribution in [1.82, 2.24) is 4.98 Å². The topological polar surface area (TPSA) is 75.1 Å². The molecule has 1 amide bonds. The van der Waals surface area contributed by atoms with Crippen LogP contribution in [0.2, 0.25) is 5.02 Å². The van der Waals surface area contributed by atoms with Crippen molar-refractivity contribution in [3.05, 3.63) is 63.6 Å². The quantitative estimate of drug-likeness (QED) is 0.748. The molecular formula is C18H17ClN2O3. The van der Waals surface area contributed by atoms with Gasteiger partial charge in [-0.2, -0.15) is 0 Å². The van der Waals surface area contributed by atoms with E-state index in [1.165, 1.54) is 0 Å². The summed E-state index contributed by atoms with van der Waals surface area (Å²) in [6.07, 6.45) is 0.309. The third-order valence-electron chi connectivity index (χ3n) is 3.93. The van der Waals surface area contributed by atoms with Crippen molar-refractivity contribution in [2.24, 2.45) is 0 Å². The molecule has 5 nitrogen and oxygen atoms in total. The molecule has 24 heavy (non-hydrogen) atoms. The molecule has 1 heterocycles. The van der Waals surface area contributed by atoms with Gasteiger partial charge in [-0.25, -0.2) is 4.79 Å². The van der Waals surface area contributed by atoms with Crippen LogP contribution in [-0.2, 0) is 10.2 Å². The lowest BCUT2D eigenvalue weighted by Crippen LogP contribution is -2.25. The van der Waals surface area contributed by atoms with Crippen molar-refractivity contribution in [2.45, 2.75) is 25.7 Å². The SMILES string of the molecule is CC(C)(CC(=O)Nc1ccc2[nH]c(=O)oc2c1)c1ccc(Cl)cc1. The van der Waals surface area contributed by atoms with Crippen LogP contribution in [0.3, 0.4) is 0 Å². The zero-order chi connectivity index (χ0) is 17.3. The molecule has 0 spiro atoms. The first-order chi connectivity index (χ1) is 11.3. The Morgan fingerprint density at radius 3 is 2.62 bits per heavy atom. The number of hydrogen-bond donors (Lipinski definition) is 2. The summed E-state index contributed by atoms with van der Waals surface area (Å²) in [4.78, 5) is 26.1. The Morgan fingerprint density at radius 1 is 1.21 bits per heavy atom. The van der Waals surface area contributed by atoms with Crippen LogP contribution in [0.15, 0.2) is 51.7 Å². The summed E-state index contributed by atoms with van der Waals surface area (Å²) in [7, 11) is 0. The monoisotopic (exact) mass is 344 g/mol. The number of oxazole rings is 1. The fourth-order valence-electron chi connectivity index (χ4n) is 2.63. The van der Waals surface area contributed by atoms with E-state index in [4.69, 9.17) is 16.0 Å². The molecule has 3 rings (SSSR count). The van der Waals surface area contributed by atoms with Gasteiger partial charge >= 0.3 is 5.76 Å². The van der Waals surface area contributed by atoms with E-state index in [1.54, 1.807) is 18.2 Å². The molecule has 1 aromatic heterocycles. The fourth-order valence-corrected chi connectivity index (χ4v) is 2.76. The molecule has 6 heteroatoms. The van der Waals surface area contributed by atoms with Crippen molar-refractivity contribution in [2.75, 3.05) is 5.32 Å². The first-order valence-corrected chi connectivity index (χ1v) is 7.90. The molecule has 0 saturated heterocycles. The molecule has 0 fully saturated rings. The predicted molar refractivity (Wildman–Crippen MR) is 94.6 cm³/mol. The molecular weight excluding hydrogens is 328 g/mol. The molecule has 0 unspecified atom stereocenters. The zero-order valence-electron chi connectivity index (χ0n) is 13.4. The number of anilines is 1. The number of aromatic amines is 1. The minimum Gasteiger partial charge on any atom is -0.408 e. The van der Waals surface area contributed by atoms with E-state index in [1.807, 2.05) is 38.1 Å². The van der Waals surface area contributed by atoms with E-state index in [0.717, 1.165) is 5.56 Å². The van der Waals surface area contributed by atoms with E-state index in [-0.39, 0.29) is 11.3 Å². The second-order valence-corrected chi connectivity index (χ2v) is 6.78. The predicted octanol–water partition coefficient (Wildman–Crippen LogP) is 4.08. The van der Waals surface area contributed by atoms with Crippen LogP contribution in [0.1, 0.15) is 25.8 Å². The number of benzene rings is 2. The number of nitrogens with one attached hydrogen (secondary N) is 2. The van der Waals surface area contributed by atoms with Gasteiger partial charge in [0.2, 0.25) is 5.91 Å². The van der Waals surface area contributed by atoms with Crippen LogP contribution in [0.25, 0.3) is 11.1 Å². The van der Waals surface area contributed by atoms with Crippen LogP contribution in [0.5, 0.6) is 0 Å². The number of carbonyl (C=O) groups excluding carboxylic acids is 1. The van der Waals surface area contributed by atoms with Gasteiger partial charge in [-0.1, -0.05) is 37.6 Å². The first-order valence-electron chi connectivity index (χ1n) is 7.52.